The lowest BCUT2D eigenvalue weighted by molar-refractivity contribution is 0.0335. The Balaban J connectivity index is 1.37. The maximum absolute atomic E-state index is 12.7. The second kappa shape index (κ2) is 5.73. The normalized spacial score (nSPS) is 26.1. The molecule has 2 aliphatic rings. The van der Waals surface area contributed by atoms with Gasteiger partial charge in [-0.3, -0.25) is 4.79 Å². The zero-order valence-electron chi connectivity index (χ0n) is 14.1. The number of carbonyl (C=O) groups excluding carboxylic acids is 1. The summed E-state index contributed by atoms with van der Waals surface area (Å²) in [7, 11) is 0. The highest BCUT2D eigenvalue weighted by atomic mass is 16.5. The molecule has 2 saturated heterocycles. The highest BCUT2D eigenvalue weighted by Crippen LogP contribution is 2.35. The van der Waals surface area contributed by atoms with Crippen molar-refractivity contribution in [2.24, 2.45) is 5.92 Å². The number of furan rings is 1. The van der Waals surface area contributed by atoms with Crippen LogP contribution in [0.3, 0.4) is 0 Å². The van der Waals surface area contributed by atoms with Crippen molar-refractivity contribution in [2.45, 2.75) is 45.8 Å². The zero-order valence-corrected chi connectivity index (χ0v) is 14.1. The van der Waals surface area contributed by atoms with Gasteiger partial charge in [-0.05, 0) is 26.3 Å². The van der Waals surface area contributed by atoms with Crippen molar-refractivity contribution in [3.05, 3.63) is 34.9 Å². The van der Waals surface area contributed by atoms with Gasteiger partial charge in [0.15, 0.2) is 0 Å². The van der Waals surface area contributed by atoms with E-state index >= 15 is 0 Å². The predicted molar refractivity (Wildman–Crippen MR) is 83.6 cm³/mol. The van der Waals surface area contributed by atoms with Crippen LogP contribution < -0.4 is 0 Å². The number of rotatable bonds is 3. The Morgan fingerprint density at radius 1 is 1.25 bits per heavy atom. The predicted octanol–water partition coefficient (Wildman–Crippen LogP) is 2.06. The van der Waals surface area contributed by atoms with Gasteiger partial charge in [-0.1, -0.05) is 0 Å². The van der Waals surface area contributed by atoms with E-state index in [0.29, 0.717) is 42.0 Å². The fraction of sp³-hybridized carbons (Fsp3) is 0.588. The summed E-state index contributed by atoms with van der Waals surface area (Å²) in [6.07, 6.45) is 1.74. The van der Waals surface area contributed by atoms with Crippen molar-refractivity contribution in [2.75, 3.05) is 13.1 Å². The van der Waals surface area contributed by atoms with Gasteiger partial charge in [-0.25, -0.2) is 0 Å². The fourth-order valence-electron chi connectivity index (χ4n) is 3.79. The molecule has 3 atom stereocenters. The van der Waals surface area contributed by atoms with Crippen molar-refractivity contribution < 1.29 is 18.4 Å². The van der Waals surface area contributed by atoms with E-state index in [2.05, 4.69) is 10.2 Å². The summed E-state index contributed by atoms with van der Waals surface area (Å²) in [6.45, 7) is 6.83. The van der Waals surface area contributed by atoms with Crippen LogP contribution in [0.1, 0.15) is 40.1 Å². The Morgan fingerprint density at radius 2 is 2.08 bits per heavy atom. The van der Waals surface area contributed by atoms with Gasteiger partial charge in [0.1, 0.15) is 11.5 Å². The molecule has 2 aromatic heterocycles. The molecule has 128 valence electrons. The molecule has 24 heavy (non-hydrogen) atoms. The van der Waals surface area contributed by atoms with Crippen LogP contribution >= 0.6 is 0 Å². The molecule has 4 heterocycles. The first-order valence-electron chi connectivity index (χ1n) is 8.30. The van der Waals surface area contributed by atoms with Gasteiger partial charge < -0.3 is 18.5 Å². The number of aryl methyl sites for hydroxylation is 3. The summed E-state index contributed by atoms with van der Waals surface area (Å²) >= 11 is 0. The van der Waals surface area contributed by atoms with E-state index in [4.69, 9.17) is 13.6 Å². The average molecular weight is 331 g/mol. The number of fused-ring (bicyclic) bond motifs is 1. The number of hydrogen-bond donors (Lipinski definition) is 0. The largest absolute Gasteiger partial charge is 0.466 e. The quantitative estimate of drug-likeness (QED) is 0.856. The maximum Gasteiger partial charge on any atom is 0.257 e. The molecular weight excluding hydrogens is 310 g/mol. The third-order valence-electron chi connectivity index (χ3n) is 4.84. The number of ether oxygens (including phenoxy) is 1. The monoisotopic (exact) mass is 331 g/mol. The molecule has 0 spiro atoms. The van der Waals surface area contributed by atoms with Gasteiger partial charge in [0.2, 0.25) is 11.8 Å². The van der Waals surface area contributed by atoms with E-state index < -0.39 is 0 Å². The lowest BCUT2D eigenvalue weighted by Gasteiger charge is -2.18. The number of nitrogens with zero attached hydrogens (tertiary/aromatic N) is 3. The SMILES string of the molecule is Cc1cc(C(=O)N2C[C@@H]3C[C@@H](Cc4nnc(C)o4)O[C@@H]3C2)c(C)o1. The van der Waals surface area contributed by atoms with Gasteiger partial charge in [0.25, 0.3) is 5.91 Å². The van der Waals surface area contributed by atoms with Crippen LogP contribution in [0.15, 0.2) is 14.9 Å². The Kier molecular flexibility index (Phi) is 3.68. The van der Waals surface area contributed by atoms with Gasteiger partial charge in [-0.2, -0.15) is 0 Å². The van der Waals surface area contributed by atoms with Crippen molar-refractivity contribution in [1.29, 1.82) is 0 Å². The molecule has 4 rings (SSSR count). The summed E-state index contributed by atoms with van der Waals surface area (Å²) in [4.78, 5) is 14.5. The molecule has 0 unspecified atom stereocenters. The lowest BCUT2D eigenvalue weighted by atomic mass is 10.0. The van der Waals surface area contributed by atoms with Gasteiger partial charge in [-0.15, -0.1) is 10.2 Å². The van der Waals surface area contributed by atoms with Crippen LogP contribution in [0.25, 0.3) is 0 Å². The smallest absolute Gasteiger partial charge is 0.257 e. The summed E-state index contributed by atoms with van der Waals surface area (Å²) in [5.41, 5.74) is 0.658. The van der Waals surface area contributed by atoms with Crippen LogP contribution in [0.2, 0.25) is 0 Å². The molecule has 0 bridgehead atoms. The molecule has 7 heteroatoms. The van der Waals surface area contributed by atoms with E-state index in [9.17, 15) is 4.79 Å². The molecular formula is C17H21N3O4. The van der Waals surface area contributed by atoms with Crippen LogP contribution in [0, 0.1) is 26.7 Å². The lowest BCUT2D eigenvalue weighted by Crippen LogP contribution is -2.31. The zero-order chi connectivity index (χ0) is 16.8. The number of amides is 1. The third-order valence-corrected chi connectivity index (χ3v) is 4.84. The van der Waals surface area contributed by atoms with E-state index in [-0.39, 0.29) is 18.1 Å². The van der Waals surface area contributed by atoms with E-state index in [0.717, 1.165) is 18.7 Å². The molecule has 0 aromatic carbocycles. The van der Waals surface area contributed by atoms with Crippen molar-refractivity contribution in [3.63, 3.8) is 0 Å². The summed E-state index contributed by atoms with van der Waals surface area (Å²) in [5, 5.41) is 7.87. The average Bonchev–Trinajstić information content (AvgIpc) is 3.24. The number of carbonyl (C=O) groups is 1. The van der Waals surface area contributed by atoms with Crippen LogP contribution in [0.4, 0.5) is 0 Å². The van der Waals surface area contributed by atoms with Crippen LogP contribution in [0.5, 0.6) is 0 Å². The molecule has 0 saturated carbocycles. The Bertz CT molecular complexity index is 752. The second-order valence-electron chi connectivity index (χ2n) is 6.75. The minimum Gasteiger partial charge on any atom is -0.466 e. The molecule has 0 N–H and O–H groups in total. The van der Waals surface area contributed by atoms with E-state index in [1.54, 1.807) is 6.92 Å². The Morgan fingerprint density at radius 3 is 2.71 bits per heavy atom. The van der Waals surface area contributed by atoms with Crippen molar-refractivity contribution in [3.8, 4) is 0 Å². The second-order valence-corrected chi connectivity index (χ2v) is 6.75. The third kappa shape index (κ3) is 2.73. The van der Waals surface area contributed by atoms with Crippen molar-refractivity contribution in [1.82, 2.24) is 15.1 Å². The number of hydrogen-bond acceptors (Lipinski definition) is 6. The minimum absolute atomic E-state index is 0.0337. The topological polar surface area (TPSA) is 81.6 Å². The number of likely N-dealkylation sites (tertiary alicyclic amines) is 1. The molecule has 2 fully saturated rings. The molecule has 2 aromatic rings. The standard InChI is InChI=1S/C17H21N3O4/c1-9-4-14(10(2)22-9)17(21)20-7-12-5-13(24-15(12)8-20)6-16-19-18-11(3)23-16/h4,12-13,15H,5-8H2,1-3H3/t12-,13-,15+/m0/s1. The first-order chi connectivity index (χ1) is 11.5. The molecule has 0 aliphatic carbocycles. The molecule has 2 aliphatic heterocycles. The van der Waals surface area contributed by atoms with Gasteiger partial charge in [0, 0.05) is 25.9 Å². The van der Waals surface area contributed by atoms with E-state index in [1.807, 2.05) is 24.8 Å². The molecule has 1 amide bonds. The van der Waals surface area contributed by atoms with Crippen LogP contribution in [-0.2, 0) is 11.2 Å². The number of aromatic nitrogens is 2. The highest BCUT2D eigenvalue weighted by Gasteiger charge is 2.44. The molecule has 0 radical (unpaired) electrons. The van der Waals surface area contributed by atoms with Gasteiger partial charge in [0.05, 0.1) is 24.2 Å². The van der Waals surface area contributed by atoms with Crippen molar-refractivity contribution >= 4 is 5.91 Å². The van der Waals surface area contributed by atoms with Crippen LogP contribution in [-0.4, -0.2) is 46.3 Å². The maximum atomic E-state index is 12.7. The fourth-order valence-corrected chi connectivity index (χ4v) is 3.79. The Labute approximate surface area is 140 Å². The minimum atomic E-state index is 0.0337. The van der Waals surface area contributed by atoms with E-state index in [1.165, 1.54) is 0 Å². The summed E-state index contributed by atoms with van der Waals surface area (Å²) in [6, 6.07) is 1.81. The first-order valence-corrected chi connectivity index (χ1v) is 8.30. The Hall–Kier alpha value is -2.15. The summed E-state index contributed by atoms with van der Waals surface area (Å²) < 4.78 is 17.0. The summed E-state index contributed by atoms with van der Waals surface area (Å²) in [5.74, 6) is 3.05. The highest BCUT2D eigenvalue weighted by molar-refractivity contribution is 5.95. The molecule has 7 nitrogen and oxygen atoms in total. The van der Waals surface area contributed by atoms with Gasteiger partial charge >= 0.3 is 0 Å². The first kappa shape index (κ1) is 15.4.